The lowest BCUT2D eigenvalue weighted by atomic mass is 9.94. The van der Waals surface area contributed by atoms with Crippen LogP contribution in [0.4, 0.5) is 0 Å². The van der Waals surface area contributed by atoms with E-state index in [1.54, 1.807) is 0 Å². The van der Waals surface area contributed by atoms with Crippen molar-refractivity contribution in [2.45, 2.75) is 27.2 Å². The fraction of sp³-hybridized carbons (Fsp3) is 0.222. The highest BCUT2D eigenvalue weighted by atomic mass is 14.2. The van der Waals surface area contributed by atoms with Crippen molar-refractivity contribution in [3.63, 3.8) is 0 Å². The molecule has 0 spiro atoms. The molecule has 0 aliphatic heterocycles. The van der Waals surface area contributed by atoms with E-state index in [-0.39, 0.29) is 0 Å². The van der Waals surface area contributed by atoms with E-state index in [0.29, 0.717) is 0 Å². The third kappa shape index (κ3) is 1.60. The summed E-state index contributed by atoms with van der Waals surface area (Å²) in [4.78, 5) is 0. The minimum Gasteiger partial charge on any atom is -0.0619 e. The van der Waals surface area contributed by atoms with Crippen LogP contribution in [0.5, 0.6) is 0 Å². The average molecular weight is 234 g/mol. The molecule has 2 aromatic rings. The number of benzene rings is 2. The van der Waals surface area contributed by atoms with E-state index in [2.05, 4.69) is 63.2 Å². The van der Waals surface area contributed by atoms with Gasteiger partial charge in [-0.3, -0.25) is 0 Å². The van der Waals surface area contributed by atoms with Gasteiger partial charge in [-0.05, 0) is 66.2 Å². The zero-order valence-corrected chi connectivity index (χ0v) is 11.2. The SMILES string of the molecule is CC1=C(c2cccc(C)c2C)Cc2ccccc21. The Kier molecular flexibility index (Phi) is 2.59. The summed E-state index contributed by atoms with van der Waals surface area (Å²) in [6, 6.07) is 15.4. The smallest absolute Gasteiger partial charge is 0.00108 e. The van der Waals surface area contributed by atoms with Crippen LogP contribution in [0.2, 0.25) is 0 Å². The molecule has 1 aliphatic carbocycles. The minimum atomic E-state index is 1.08. The zero-order valence-electron chi connectivity index (χ0n) is 11.2. The molecule has 2 aromatic carbocycles. The van der Waals surface area contributed by atoms with Crippen LogP contribution in [0.1, 0.15) is 34.7 Å². The molecule has 0 heterocycles. The van der Waals surface area contributed by atoms with Crippen molar-refractivity contribution >= 4 is 11.1 Å². The maximum Gasteiger partial charge on any atom is -0.00108 e. The first-order valence-corrected chi connectivity index (χ1v) is 6.53. The molecule has 3 rings (SSSR count). The van der Waals surface area contributed by atoms with Crippen LogP contribution in [-0.4, -0.2) is 0 Å². The summed E-state index contributed by atoms with van der Waals surface area (Å²) in [6.07, 6.45) is 1.08. The molecular weight excluding hydrogens is 216 g/mol. The van der Waals surface area contributed by atoms with Crippen molar-refractivity contribution in [2.24, 2.45) is 0 Å². The standard InChI is InChI=1S/C18H18/c1-12-7-6-10-17(13(12)2)18-11-15-8-4-5-9-16(15)14(18)3/h4-10H,11H2,1-3H3. The zero-order chi connectivity index (χ0) is 12.7. The number of rotatable bonds is 1. The normalized spacial score (nSPS) is 13.9. The molecule has 0 amide bonds. The molecule has 0 atom stereocenters. The van der Waals surface area contributed by atoms with Crippen molar-refractivity contribution in [3.05, 3.63) is 70.3 Å². The molecule has 90 valence electrons. The predicted octanol–water partition coefficient (Wildman–Crippen LogP) is 4.79. The number of fused-ring (bicyclic) bond motifs is 1. The number of hydrogen-bond donors (Lipinski definition) is 0. The molecule has 0 N–H and O–H groups in total. The van der Waals surface area contributed by atoms with Crippen molar-refractivity contribution in [2.75, 3.05) is 0 Å². The van der Waals surface area contributed by atoms with Gasteiger partial charge in [0.25, 0.3) is 0 Å². The molecule has 0 unspecified atom stereocenters. The second kappa shape index (κ2) is 4.13. The van der Waals surface area contributed by atoms with Gasteiger partial charge in [0.05, 0.1) is 0 Å². The molecule has 18 heavy (non-hydrogen) atoms. The van der Waals surface area contributed by atoms with E-state index < -0.39 is 0 Å². The van der Waals surface area contributed by atoms with Gasteiger partial charge in [-0.2, -0.15) is 0 Å². The first kappa shape index (κ1) is 11.3. The van der Waals surface area contributed by atoms with Crippen LogP contribution < -0.4 is 0 Å². The maximum absolute atomic E-state index is 2.26. The molecule has 0 fully saturated rings. The van der Waals surface area contributed by atoms with Crippen molar-refractivity contribution in [3.8, 4) is 0 Å². The molecule has 0 nitrogen and oxygen atoms in total. The Morgan fingerprint density at radius 1 is 0.778 bits per heavy atom. The Bertz CT molecular complexity index is 645. The van der Waals surface area contributed by atoms with E-state index >= 15 is 0 Å². The van der Waals surface area contributed by atoms with Gasteiger partial charge >= 0.3 is 0 Å². The highest BCUT2D eigenvalue weighted by Gasteiger charge is 2.20. The molecule has 1 aliphatic rings. The quantitative estimate of drug-likeness (QED) is 0.665. The molecule has 0 saturated heterocycles. The van der Waals surface area contributed by atoms with Gasteiger partial charge in [-0.15, -0.1) is 0 Å². The van der Waals surface area contributed by atoms with Gasteiger partial charge < -0.3 is 0 Å². The summed E-state index contributed by atoms with van der Waals surface area (Å²) in [6.45, 7) is 6.67. The van der Waals surface area contributed by atoms with Crippen molar-refractivity contribution in [1.82, 2.24) is 0 Å². The van der Waals surface area contributed by atoms with Gasteiger partial charge in [0, 0.05) is 0 Å². The Morgan fingerprint density at radius 2 is 1.50 bits per heavy atom. The molecule has 0 bridgehead atoms. The van der Waals surface area contributed by atoms with Gasteiger partial charge in [0.15, 0.2) is 0 Å². The Balaban J connectivity index is 2.16. The Labute approximate surface area is 109 Å². The summed E-state index contributed by atoms with van der Waals surface area (Å²) < 4.78 is 0. The van der Waals surface area contributed by atoms with Crippen LogP contribution in [0.25, 0.3) is 11.1 Å². The van der Waals surface area contributed by atoms with Gasteiger partial charge in [-0.1, -0.05) is 42.5 Å². The largest absolute Gasteiger partial charge is 0.0619 e. The fourth-order valence-corrected chi connectivity index (χ4v) is 2.90. The van der Waals surface area contributed by atoms with Gasteiger partial charge in [0.1, 0.15) is 0 Å². The molecule has 0 saturated carbocycles. The summed E-state index contributed by atoms with van der Waals surface area (Å²) in [5.41, 5.74) is 10.0. The lowest BCUT2D eigenvalue weighted by molar-refractivity contribution is 1.26. The van der Waals surface area contributed by atoms with Crippen LogP contribution in [-0.2, 0) is 6.42 Å². The van der Waals surface area contributed by atoms with Crippen molar-refractivity contribution in [1.29, 1.82) is 0 Å². The number of hydrogen-bond acceptors (Lipinski definition) is 0. The summed E-state index contributed by atoms with van der Waals surface area (Å²) in [7, 11) is 0. The third-order valence-corrected chi connectivity index (χ3v) is 4.17. The highest BCUT2D eigenvalue weighted by molar-refractivity contribution is 5.96. The molecule has 0 radical (unpaired) electrons. The Hall–Kier alpha value is -1.82. The van der Waals surface area contributed by atoms with Gasteiger partial charge in [0.2, 0.25) is 0 Å². The van der Waals surface area contributed by atoms with E-state index in [1.807, 2.05) is 0 Å². The minimum absolute atomic E-state index is 1.08. The third-order valence-electron chi connectivity index (χ3n) is 4.17. The summed E-state index contributed by atoms with van der Waals surface area (Å²) in [5.74, 6) is 0. The van der Waals surface area contributed by atoms with E-state index in [1.165, 1.54) is 39.0 Å². The van der Waals surface area contributed by atoms with Crippen LogP contribution in [0.3, 0.4) is 0 Å². The summed E-state index contributed by atoms with van der Waals surface area (Å²) >= 11 is 0. The van der Waals surface area contributed by atoms with E-state index in [0.717, 1.165) is 6.42 Å². The fourth-order valence-electron chi connectivity index (χ4n) is 2.90. The van der Waals surface area contributed by atoms with Crippen LogP contribution in [0, 0.1) is 13.8 Å². The van der Waals surface area contributed by atoms with Gasteiger partial charge in [-0.25, -0.2) is 0 Å². The topological polar surface area (TPSA) is 0 Å². The maximum atomic E-state index is 2.26. The van der Waals surface area contributed by atoms with Crippen molar-refractivity contribution < 1.29 is 0 Å². The lowest BCUT2D eigenvalue weighted by Crippen LogP contribution is -1.92. The molecule has 0 aromatic heterocycles. The lowest BCUT2D eigenvalue weighted by Gasteiger charge is -2.10. The highest BCUT2D eigenvalue weighted by Crippen LogP contribution is 2.39. The molecular formula is C18H18. The van der Waals surface area contributed by atoms with E-state index in [9.17, 15) is 0 Å². The second-order valence-electron chi connectivity index (χ2n) is 5.18. The monoisotopic (exact) mass is 234 g/mol. The summed E-state index contributed by atoms with van der Waals surface area (Å²) in [5, 5.41) is 0. The van der Waals surface area contributed by atoms with E-state index in [4.69, 9.17) is 0 Å². The average Bonchev–Trinajstić information content (AvgIpc) is 2.71. The second-order valence-corrected chi connectivity index (χ2v) is 5.18. The number of allylic oxidation sites excluding steroid dienone is 2. The number of aryl methyl sites for hydroxylation is 1. The molecule has 0 heteroatoms. The van der Waals surface area contributed by atoms with Crippen LogP contribution in [0.15, 0.2) is 42.5 Å². The predicted molar refractivity (Wildman–Crippen MR) is 78.6 cm³/mol. The first-order chi connectivity index (χ1) is 8.68. The first-order valence-electron chi connectivity index (χ1n) is 6.53. The van der Waals surface area contributed by atoms with Crippen LogP contribution >= 0.6 is 0 Å². The Morgan fingerprint density at radius 3 is 2.28 bits per heavy atom.